The molecule has 1 aromatic carbocycles. The summed E-state index contributed by atoms with van der Waals surface area (Å²) in [5.41, 5.74) is 1.81. The summed E-state index contributed by atoms with van der Waals surface area (Å²) in [5.74, 6) is 0.0459. The predicted molar refractivity (Wildman–Crippen MR) is 117 cm³/mol. The molecule has 1 fully saturated rings. The van der Waals surface area contributed by atoms with Crippen LogP contribution >= 0.6 is 0 Å². The molecule has 31 heavy (non-hydrogen) atoms. The van der Waals surface area contributed by atoms with Crippen LogP contribution in [0, 0.1) is 5.82 Å². The second-order valence-electron chi connectivity index (χ2n) is 7.61. The highest BCUT2D eigenvalue weighted by Gasteiger charge is 2.26. The SMILES string of the molecule is COc1c(F)cccc1CNc1nc(C2CC2)ccc1C(=O)N[C@@H](C)/C=C/S(C)(=O)=O. The molecule has 1 aliphatic carbocycles. The third-order valence-electron chi connectivity index (χ3n) is 4.83. The highest BCUT2D eigenvalue weighted by Crippen LogP contribution is 2.39. The van der Waals surface area contributed by atoms with Gasteiger partial charge in [0, 0.05) is 41.4 Å². The van der Waals surface area contributed by atoms with E-state index in [1.807, 2.05) is 6.07 Å². The zero-order chi connectivity index (χ0) is 22.6. The van der Waals surface area contributed by atoms with Gasteiger partial charge in [-0.1, -0.05) is 18.2 Å². The van der Waals surface area contributed by atoms with E-state index in [2.05, 4.69) is 15.6 Å². The Morgan fingerprint density at radius 2 is 2.06 bits per heavy atom. The zero-order valence-electron chi connectivity index (χ0n) is 17.7. The molecule has 2 aromatic rings. The van der Waals surface area contributed by atoms with Crippen molar-refractivity contribution in [3.05, 3.63) is 64.5 Å². The number of nitrogens with zero attached hydrogens (tertiary/aromatic N) is 1. The van der Waals surface area contributed by atoms with Crippen molar-refractivity contribution in [3.8, 4) is 5.75 Å². The van der Waals surface area contributed by atoms with E-state index in [4.69, 9.17) is 4.74 Å². The highest BCUT2D eigenvalue weighted by atomic mass is 32.2. The monoisotopic (exact) mass is 447 g/mol. The number of carbonyl (C=O) groups is 1. The van der Waals surface area contributed by atoms with Crippen LogP contribution in [0.4, 0.5) is 10.2 Å². The first-order valence-electron chi connectivity index (χ1n) is 9.93. The van der Waals surface area contributed by atoms with Crippen molar-refractivity contribution < 1.29 is 22.3 Å². The minimum absolute atomic E-state index is 0.138. The maximum absolute atomic E-state index is 14.0. The topological polar surface area (TPSA) is 97.4 Å². The summed E-state index contributed by atoms with van der Waals surface area (Å²) in [7, 11) is -1.88. The van der Waals surface area contributed by atoms with Crippen molar-refractivity contribution in [2.75, 3.05) is 18.7 Å². The Morgan fingerprint density at radius 1 is 1.32 bits per heavy atom. The second-order valence-corrected chi connectivity index (χ2v) is 9.54. The van der Waals surface area contributed by atoms with Crippen molar-refractivity contribution >= 4 is 21.6 Å². The number of benzene rings is 1. The standard InChI is InChI=1S/C22H26FN3O4S/c1-14(11-12-31(3,28)29)25-22(27)17-9-10-19(15-7-8-15)26-21(17)24-13-16-5-4-6-18(23)20(16)30-2/h4-6,9-12,14-15H,7-8,13H2,1-3H3,(H,24,26)(H,25,27)/b12-11+/t14-/m0/s1. The number of para-hydroxylation sites is 1. The van der Waals surface area contributed by atoms with Crippen LogP contribution in [0.1, 0.15) is 47.3 Å². The number of ether oxygens (including phenoxy) is 1. The van der Waals surface area contributed by atoms with Crippen molar-refractivity contribution in [3.63, 3.8) is 0 Å². The van der Waals surface area contributed by atoms with Crippen LogP contribution in [0.5, 0.6) is 5.75 Å². The van der Waals surface area contributed by atoms with Crippen LogP contribution in [0.2, 0.25) is 0 Å². The Balaban J connectivity index is 1.82. The molecule has 7 nitrogen and oxygen atoms in total. The summed E-state index contributed by atoms with van der Waals surface area (Å²) < 4.78 is 41.7. The van der Waals surface area contributed by atoms with Gasteiger partial charge in [-0.2, -0.15) is 0 Å². The normalized spacial score (nSPS) is 15.0. The van der Waals surface area contributed by atoms with E-state index in [1.54, 1.807) is 25.1 Å². The molecule has 1 amide bonds. The molecule has 3 rings (SSSR count). The maximum Gasteiger partial charge on any atom is 0.255 e. The Bertz CT molecular complexity index is 1100. The average Bonchev–Trinajstić information content (AvgIpc) is 3.55. The third kappa shape index (κ3) is 6.27. The Labute approximate surface area is 181 Å². The van der Waals surface area contributed by atoms with Crippen LogP contribution in [0.15, 0.2) is 41.8 Å². The Morgan fingerprint density at radius 3 is 2.71 bits per heavy atom. The summed E-state index contributed by atoms with van der Waals surface area (Å²) in [6.45, 7) is 1.89. The van der Waals surface area contributed by atoms with Crippen molar-refractivity contribution in [2.24, 2.45) is 0 Å². The lowest BCUT2D eigenvalue weighted by Crippen LogP contribution is -2.32. The molecule has 0 radical (unpaired) electrons. The first-order chi connectivity index (χ1) is 14.7. The highest BCUT2D eigenvalue weighted by molar-refractivity contribution is 7.93. The average molecular weight is 448 g/mol. The number of sulfone groups is 1. The number of halogens is 1. The fraction of sp³-hybridized carbons (Fsp3) is 0.364. The molecule has 1 saturated carbocycles. The third-order valence-corrected chi connectivity index (χ3v) is 5.48. The van der Waals surface area contributed by atoms with Crippen LogP contribution in [0.25, 0.3) is 0 Å². The number of rotatable bonds is 9. The molecular formula is C22H26FN3O4S. The number of hydrogen-bond donors (Lipinski definition) is 2. The number of hydrogen-bond acceptors (Lipinski definition) is 6. The summed E-state index contributed by atoms with van der Waals surface area (Å²) in [4.78, 5) is 17.4. The van der Waals surface area contributed by atoms with Gasteiger partial charge in [-0.15, -0.1) is 0 Å². The summed E-state index contributed by atoms with van der Waals surface area (Å²) in [6.07, 6.45) is 4.61. The van der Waals surface area contributed by atoms with Gasteiger partial charge >= 0.3 is 0 Å². The van der Waals surface area contributed by atoms with Gasteiger partial charge in [0.15, 0.2) is 21.4 Å². The Kier molecular flexibility index (Phi) is 6.94. The van der Waals surface area contributed by atoms with Crippen molar-refractivity contribution in [1.29, 1.82) is 0 Å². The number of carbonyl (C=O) groups excluding carboxylic acids is 1. The van der Waals surface area contributed by atoms with Gasteiger partial charge in [0.05, 0.1) is 12.7 Å². The van der Waals surface area contributed by atoms with Gasteiger partial charge in [0.25, 0.3) is 5.91 Å². The smallest absolute Gasteiger partial charge is 0.255 e. The maximum atomic E-state index is 14.0. The summed E-state index contributed by atoms with van der Waals surface area (Å²) >= 11 is 0. The first-order valence-corrected chi connectivity index (χ1v) is 11.9. The molecule has 2 N–H and O–H groups in total. The largest absolute Gasteiger partial charge is 0.493 e. The molecule has 1 aromatic heterocycles. The van der Waals surface area contributed by atoms with Gasteiger partial charge in [-0.3, -0.25) is 4.79 Å². The molecule has 166 valence electrons. The van der Waals surface area contributed by atoms with Crippen molar-refractivity contribution in [1.82, 2.24) is 10.3 Å². The van der Waals surface area contributed by atoms with Crippen molar-refractivity contribution in [2.45, 2.75) is 38.3 Å². The van der Waals surface area contributed by atoms with Crippen LogP contribution in [-0.2, 0) is 16.4 Å². The summed E-state index contributed by atoms with van der Waals surface area (Å²) in [5, 5.41) is 6.94. The molecule has 0 bridgehead atoms. The second kappa shape index (κ2) is 9.47. The molecule has 1 atom stereocenters. The molecule has 0 spiro atoms. The molecule has 1 aliphatic rings. The van der Waals surface area contributed by atoms with E-state index in [0.29, 0.717) is 22.9 Å². The number of aromatic nitrogens is 1. The molecule has 9 heteroatoms. The number of methoxy groups -OCH3 is 1. The van der Waals surface area contributed by atoms with Gasteiger partial charge in [0.2, 0.25) is 0 Å². The first kappa shape index (κ1) is 22.7. The van der Waals surface area contributed by atoms with Gasteiger partial charge in [-0.05, 0) is 38.0 Å². The number of nitrogens with one attached hydrogen (secondary N) is 2. The van der Waals surface area contributed by atoms with E-state index >= 15 is 0 Å². The van der Waals surface area contributed by atoms with E-state index < -0.39 is 27.6 Å². The number of anilines is 1. The van der Waals surface area contributed by atoms with E-state index in [1.165, 1.54) is 19.3 Å². The van der Waals surface area contributed by atoms with Gasteiger partial charge in [0.1, 0.15) is 5.82 Å². The quantitative estimate of drug-likeness (QED) is 0.612. The number of amides is 1. The van der Waals surface area contributed by atoms with E-state index in [-0.39, 0.29) is 12.3 Å². The molecular weight excluding hydrogens is 421 g/mol. The van der Waals surface area contributed by atoms with Crippen LogP contribution in [0.3, 0.4) is 0 Å². The lowest BCUT2D eigenvalue weighted by Gasteiger charge is -2.16. The molecule has 0 unspecified atom stereocenters. The fourth-order valence-electron chi connectivity index (χ4n) is 3.09. The predicted octanol–water partition coefficient (Wildman–Crippen LogP) is 3.40. The number of pyridine rings is 1. The lowest BCUT2D eigenvalue weighted by atomic mass is 10.1. The molecule has 0 saturated heterocycles. The molecule has 1 heterocycles. The van der Waals surface area contributed by atoms with Gasteiger partial charge in [-0.25, -0.2) is 17.8 Å². The Hall–Kier alpha value is -2.94. The lowest BCUT2D eigenvalue weighted by molar-refractivity contribution is 0.0947. The minimum Gasteiger partial charge on any atom is -0.493 e. The van der Waals surface area contributed by atoms with Crippen LogP contribution in [-0.4, -0.2) is 38.7 Å². The van der Waals surface area contributed by atoms with E-state index in [0.717, 1.165) is 30.2 Å². The zero-order valence-corrected chi connectivity index (χ0v) is 18.5. The minimum atomic E-state index is -3.28. The van der Waals surface area contributed by atoms with Gasteiger partial charge < -0.3 is 15.4 Å². The fourth-order valence-corrected chi connectivity index (χ4v) is 3.61. The molecule has 0 aliphatic heterocycles. The van der Waals surface area contributed by atoms with Crippen LogP contribution < -0.4 is 15.4 Å². The van der Waals surface area contributed by atoms with E-state index in [9.17, 15) is 17.6 Å². The summed E-state index contributed by atoms with van der Waals surface area (Å²) in [6, 6.07) is 7.68.